The first kappa shape index (κ1) is 14.7. The van der Waals surface area contributed by atoms with Crippen molar-refractivity contribution < 1.29 is 9.90 Å². The van der Waals surface area contributed by atoms with E-state index in [4.69, 9.17) is 9.90 Å². The number of nitrogens with two attached hydrogens (primary N) is 1. The van der Waals surface area contributed by atoms with Crippen LogP contribution in [0, 0.1) is 12.8 Å². The first-order chi connectivity index (χ1) is 6.85. The van der Waals surface area contributed by atoms with Gasteiger partial charge in [0.15, 0.2) is 0 Å². The van der Waals surface area contributed by atoms with Gasteiger partial charge in [0.2, 0.25) is 6.41 Å². The van der Waals surface area contributed by atoms with Crippen molar-refractivity contribution in [2.75, 3.05) is 6.61 Å². The quantitative estimate of drug-likeness (QED) is 0.533. The van der Waals surface area contributed by atoms with Gasteiger partial charge in [0.05, 0.1) is 0 Å². The predicted molar refractivity (Wildman–Crippen MR) is 57.4 cm³/mol. The molecule has 3 N–H and O–H groups in total. The van der Waals surface area contributed by atoms with Gasteiger partial charge >= 0.3 is 0 Å². The molecule has 1 aromatic rings. The molecule has 0 heterocycles. The number of aliphatic hydroxyl groups is 1. The van der Waals surface area contributed by atoms with Crippen LogP contribution in [-0.4, -0.2) is 18.1 Å². The summed E-state index contributed by atoms with van der Waals surface area (Å²) in [6.45, 7) is 0.240. The molecule has 0 fully saturated rings. The van der Waals surface area contributed by atoms with E-state index in [1.54, 1.807) is 0 Å². The number of carbonyl (C=O) groups is 1. The number of rotatable bonds is 2. The van der Waals surface area contributed by atoms with Gasteiger partial charge in [0.1, 0.15) is 0 Å². The number of hydrogen-bond donors (Lipinski definition) is 2. The minimum atomic E-state index is 0.240. The van der Waals surface area contributed by atoms with Gasteiger partial charge in [0.25, 0.3) is 0 Å². The molecule has 0 saturated carbocycles. The Morgan fingerprint density at radius 2 is 1.71 bits per heavy atom. The van der Waals surface area contributed by atoms with Crippen LogP contribution in [0.3, 0.4) is 0 Å². The van der Waals surface area contributed by atoms with Gasteiger partial charge in [-0.05, 0) is 12.0 Å². The largest absolute Gasteiger partial charge is 0.396 e. The smallest absolute Gasteiger partial charge is 0.204 e. The molecule has 0 aromatic heterocycles. The van der Waals surface area contributed by atoms with Crippen LogP contribution in [0.25, 0.3) is 0 Å². The summed E-state index contributed by atoms with van der Waals surface area (Å²) in [6.07, 6.45) is 9.01. The lowest BCUT2D eigenvalue weighted by Crippen LogP contribution is -1.88. The van der Waals surface area contributed by atoms with Crippen molar-refractivity contribution in [2.24, 2.45) is 5.73 Å². The maximum atomic E-state index is 8.58. The van der Waals surface area contributed by atoms with Gasteiger partial charge in [-0.3, -0.25) is 4.79 Å². The van der Waals surface area contributed by atoms with Crippen LogP contribution < -0.4 is 5.73 Å². The predicted octanol–water partition coefficient (Wildman–Crippen LogP) is 0.572. The molecule has 1 rings (SSSR count). The molecule has 0 aliphatic heterocycles. The highest BCUT2D eigenvalue weighted by molar-refractivity contribution is 5.42. The van der Waals surface area contributed by atoms with E-state index in [0.29, 0.717) is 0 Å². The third-order valence-electron chi connectivity index (χ3n) is 1.24. The molecule has 14 heavy (non-hydrogen) atoms. The molecule has 0 aliphatic rings. The highest BCUT2D eigenvalue weighted by Crippen LogP contribution is 1.97. The maximum absolute atomic E-state index is 8.58. The Bertz CT molecular complexity index is 232. The summed E-state index contributed by atoms with van der Waals surface area (Å²) >= 11 is 0. The Hall–Kier alpha value is -1.79. The molecule has 0 unspecified atom stereocenters. The van der Waals surface area contributed by atoms with Crippen LogP contribution in [0.4, 0.5) is 0 Å². The second kappa shape index (κ2) is 13.8. The minimum absolute atomic E-state index is 0.240. The molecular weight excluding hydrogens is 178 g/mol. The Labute approximate surface area is 84.6 Å². The normalized spacial score (nSPS) is 7.07. The first-order valence-corrected chi connectivity index (χ1v) is 3.98. The van der Waals surface area contributed by atoms with Gasteiger partial charge in [0, 0.05) is 6.61 Å². The average molecular weight is 193 g/mol. The molecule has 0 bridgehead atoms. The first-order valence-electron chi connectivity index (χ1n) is 3.98. The van der Waals surface area contributed by atoms with Crippen LogP contribution in [-0.2, 0) is 11.2 Å². The lowest BCUT2D eigenvalue weighted by atomic mass is 10.2. The number of amides is 1. The van der Waals surface area contributed by atoms with E-state index in [1.807, 2.05) is 30.3 Å². The molecule has 0 radical (unpaired) electrons. The zero-order valence-electron chi connectivity index (χ0n) is 7.97. The van der Waals surface area contributed by atoms with Crippen LogP contribution in [0.1, 0.15) is 5.56 Å². The fraction of sp³-hybridized carbons (Fsp3) is 0.182. The second-order valence-corrected chi connectivity index (χ2v) is 2.10. The molecular formula is C11H15NO2. The molecule has 0 spiro atoms. The van der Waals surface area contributed by atoms with E-state index in [0.717, 1.165) is 6.42 Å². The molecule has 0 aliphatic carbocycles. The van der Waals surface area contributed by atoms with Crippen molar-refractivity contribution in [2.45, 2.75) is 6.42 Å². The Morgan fingerprint density at radius 1 is 1.29 bits per heavy atom. The molecule has 3 nitrogen and oxygen atoms in total. The SMILES string of the molecule is C#C.NC=O.OCCc1ccccc1. The van der Waals surface area contributed by atoms with Gasteiger partial charge in [-0.2, -0.15) is 0 Å². The van der Waals surface area contributed by atoms with Gasteiger partial charge in [-0.25, -0.2) is 0 Å². The summed E-state index contributed by atoms with van der Waals surface area (Å²) < 4.78 is 0. The summed E-state index contributed by atoms with van der Waals surface area (Å²) in [5.41, 5.74) is 5.36. The Morgan fingerprint density at radius 3 is 2.07 bits per heavy atom. The summed E-state index contributed by atoms with van der Waals surface area (Å²) in [6, 6.07) is 9.95. The van der Waals surface area contributed by atoms with Crippen LogP contribution >= 0.6 is 0 Å². The lowest BCUT2D eigenvalue weighted by molar-refractivity contribution is -0.106. The molecule has 3 heteroatoms. The summed E-state index contributed by atoms with van der Waals surface area (Å²) in [4.78, 5) is 8.58. The van der Waals surface area contributed by atoms with Crippen LogP contribution in [0.15, 0.2) is 30.3 Å². The summed E-state index contributed by atoms with van der Waals surface area (Å²) in [5, 5.41) is 8.52. The summed E-state index contributed by atoms with van der Waals surface area (Å²) in [7, 11) is 0. The topological polar surface area (TPSA) is 63.3 Å². The zero-order chi connectivity index (χ0) is 11.2. The van der Waals surface area contributed by atoms with Crippen molar-refractivity contribution in [3.63, 3.8) is 0 Å². The number of terminal acetylenes is 1. The fourth-order valence-electron chi connectivity index (χ4n) is 0.774. The Kier molecular flexibility index (Phi) is 14.5. The van der Waals surface area contributed by atoms with Crippen molar-refractivity contribution in [3.8, 4) is 12.8 Å². The lowest BCUT2D eigenvalue weighted by Gasteiger charge is -1.93. The van der Waals surface area contributed by atoms with E-state index in [9.17, 15) is 0 Å². The maximum Gasteiger partial charge on any atom is 0.204 e. The standard InChI is InChI=1S/C8H10O.C2H2.CH3NO/c9-7-6-8-4-2-1-3-5-8;1-2;2-1-3/h1-5,9H,6-7H2;1-2H;1H,(H2,2,3). The average Bonchev–Trinajstić information content (AvgIpc) is 2.24. The minimum Gasteiger partial charge on any atom is -0.396 e. The van der Waals surface area contributed by atoms with Gasteiger partial charge in [-0.1, -0.05) is 30.3 Å². The van der Waals surface area contributed by atoms with Gasteiger partial charge in [-0.15, -0.1) is 12.8 Å². The van der Waals surface area contributed by atoms with E-state index in [2.05, 4.69) is 18.6 Å². The monoisotopic (exact) mass is 193 g/mol. The van der Waals surface area contributed by atoms with E-state index >= 15 is 0 Å². The number of benzene rings is 1. The third kappa shape index (κ3) is 10.2. The number of primary amides is 1. The van der Waals surface area contributed by atoms with Crippen molar-refractivity contribution in [1.29, 1.82) is 0 Å². The Balaban J connectivity index is 0. The van der Waals surface area contributed by atoms with Crippen LogP contribution in [0.5, 0.6) is 0 Å². The van der Waals surface area contributed by atoms with Crippen molar-refractivity contribution in [3.05, 3.63) is 35.9 Å². The van der Waals surface area contributed by atoms with Gasteiger partial charge < -0.3 is 10.8 Å². The second-order valence-electron chi connectivity index (χ2n) is 2.10. The molecule has 1 amide bonds. The number of hydrogen-bond acceptors (Lipinski definition) is 2. The highest BCUT2D eigenvalue weighted by atomic mass is 16.2. The van der Waals surface area contributed by atoms with Crippen molar-refractivity contribution >= 4 is 6.41 Å². The number of aliphatic hydroxyl groups excluding tert-OH is 1. The molecule has 0 atom stereocenters. The highest BCUT2D eigenvalue weighted by Gasteiger charge is 1.85. The van der Waals surface area contributed by atoms with E-state index in [-0.39, 0.29) is 13.0 Å². The van der Waals surface area contributed by atoms with E-state index in [1.165, 1.54) is 5.56 Å². The van der Waals surface area contributed by atoms with Crippen molar-refractivity contribution in [1.82, 2.24) is 0 Å². The molecule has 76 valence electrons. The summed E-state index contributed by atoms with van der Waals surface area (Å²) in [5.74, 6) is 0. The van der Waals surface area contributed by atoms with E-state index < -0.39 is 0 Å². The third-order valence-corrected chi connectivity index (χ3v) is 1.24. The zero-order valence-corrected chi connectivity index (χ0v) is 7.97. The molecule has 1 aromatic carbocycles. The fourth-order valence-corrected chi connectivity index (χ4v) is 0.774. The van der Waals surface area contributed by atoms with Crippen LogP contribution in [0.2, 0.25) is 0 Å². The number of carbonyl (C=O) groups excluding carboxylic acids is 1. The molecule has 0 saturated heterocycles.